The summed E-state index contributed by atoms with van der Waals surface area (Å²) < 4.78 is 3.59. The molecule has 0 aliphatic rings. The Morgan fingerprint density at radius 2 is 1.81 bits per heavy atom. The maximum Gasteiger partial charge on any atom is 0.404 e. The predicted octanol–water partition coefficient (Wildman–Crippen LogP) is 2.78. The van der Waals surface area contributed by atoms with E-state index in [2.05, 4.69) is 42.1 Å². The lowest BCUT2D eigenvalue weighted by Gasteiger charge is -2.02. The van der Waals surface area contributed by atoms with Crippen molar-refractivity contribution in [3.05, 3.63) is 36.1 Å². The molecule has 0 unspecified atom stereocenters. The highest BCUT2D eigenvalue weighted by molar-refractivity contribution is 9.11. The van der Waals surface area contributed by atoms with Gasteiger partial charge in [0.25, 0.3) is 5.91 Å². The highest BCUT2D eigenvalue weighted by Crippen LogP contribution is 2.27. The van der Waals surface area contributed by atoms with E-state index >= 15 is 0 Å². The first-order valence-corrected chi connectivity index (χ1v) is 7.44. The molecule has 112 valence electrons. The Labute approximate surface area is 136 Å². The van der Waals surface area contributed by atoms with Gasteiger partial charge in [-0.25, -0.2) is 4.68 Å². The van der Waals surface area contributed by atoms with Gasteiger partial charge in [-0.15, -0.1) is 0 Å². The first-order chi connectivity index (χ1) is 9.73. The standard InChI is InChI=1S/C11H11Br2N5O3/c1-5-9(12)7(3)17(14-5)8(19)4-16-6(2)10(13)11(15-16)18(20)21/h4H2,1-3H3. The van der Waals surface area contributed by atoms with E-state index in [4.69, 9.17) is 0 Å². The van der Waals surface area contributed by atoms with Crippen molar-refractivity contribution in [2.24, 2.45) is 0 Å². The summed E-state index contributed by atoms with van der Waals surface area (Å²) in [6.45, 7) is 5.05. The second-order valence-electron chi connectivity index (χ2n) is 4.43. The largest absolute Gasteiger partial charge is 0.404 e. The van der Waals surface area contributed by atoms with Gasteiger partial charge in [-0.3, -0.25) is 4.79 Å². The Hall–Kier alpha value is -1.55. The molecule has 21 heavy (non-hydrogen) atoms. The smallest absolute Gasteiger partial charge is 0.358 e. The van der Waals surface area contributed by atoms with Gasteiger partial charge in [-0.2, -0.15) is 9.78 Å². The van der Waals surface area contributed by atoms with Crippen LogP contribution in [0, 0.1) is 30.9 Å². The molecule has 10 heteroatoms. The molecule has 2 rings (SSSR count). The summed E-state index contributed by atoms with van der Waals surface area (Å²) in [5.41, 5.74) is 1.89. The van der Waals surface area contributed by atoms with Crippen molar-refractivity contribution < 1.29 is 9.72 Å². The van der Waals surface area contributed by atoms with E-state index in [0.29, 0.717) is 17.1 Å². The van der Waals surface area contributed by atoms with Crippen molar-refractivity contribution in [1.29, 1.82) is 0 Å². The SMILES string of the molecule is Cc1nn(C(=O)Cn2nc([N+](=O)[O-])c(Br)c2C)c(C)c1Br. The summed E-state index contributed by atoms with van der Waals surface area (Å²) in [7, 11) is 0. The molecule has 2 aromatic rings. The summed E-state index contributed by atoms with van der Waals surface area (Å²) in [4.78, 5) is 22.5. The summed E-state index contributed by atoms with van der Waals surface area (Å²) in [5, 5.41) is 18.8. The molecular weight excluding hydrogens is 410 g/mol. The molecule has 0 saturated carbocycles. The quantitative estimate of drug-likeness (QED) is 0.561. The maximum absolute atomic E-state index is 12.3. The van der Waals surface area contributed by atoms with E-state index in [0.717, 1.165) is 4.47 Å². The number of nitro groups is 1. The number of aromatic nitrogens is 4. The Bertz CT molecular complexity index is 750. The van der Waals surface area contributed by atoms with Gasteiger partial charge >= 0.3 is 5.82 Å². The number of carbonyl (C=O) groups excluding carboxylic acids is 1. The number of hydrogen-bond donors (Lipinski definition) is 0. The molecule has 0 aliphatic carbocycles. The monoisotopic (exact) mass is 419 g/mol. The molecule has 8 nitrogen and oxygen atoms in total. The van der Waals surface area contributed by atoms with Gasteiger partial charge in [-0.05, 0) is 57.6 Å². The summed E-state index contributed by atoms with van der Waals surface area (Å²) >= 11 is 6.46. The molecule has 0 spiro atoms. The third-order valence-corrected chi connectivity index (χ3v) is 5.09. The molecule has 0 saturated heterocycles. The van der Waals surface area contributed by atoms with Crippen LogP contribution in [0.25, 0.3) is 0 Å². The van der Waals surface area contributed by atoms with Gasteiger partial charge in [-0.1, -0.05) is 0 Å². The molecule has 0 aromatic carbocycles. The summed E-state index contributed by atoms with van der Waals surface area (Å²) in [5.74, 6) is -0.635. The third kappa shape index (κ3) is 2.77. The van der Waals surface area contributed by atoms with Crippen LogP contribution in [0.4, 0.5) is 5.82 Å². The van der Waals surface area contributed by atoms with Gasteiger partial charge in [0.1, 0.15) is 11.0 Å². The summed E-state index contributed by atoms with van der Waals surface area (Å²) in [6, 6.07) is 0. The number of halogens is 2. The molecule has 0 amide bonds. The Morgan fingerprint density at radius 3 is 2.24 bits per heavy atom. The van der Waals surface area contributed by atoms with E-state index in [9.17, 15) is 14.9 Å². The van der Waals surface area contributed by atoms with Crippen molar-refractivity contribution in [3.8, 4) is 0 Å². The van der Waals surface area contributed by atoms with Crippen LogP contribution >= 0.6 is 31.9 Å². The fourth-order valence-electron chi connectivity index (χ4n) is 1.84. The molecule has 0 aliphatic heterocycles. The molecule has 2 aromatic heterocycles. The fraction of sp³-hybridized carbons (Fsp3) is 0.364. The predicted molar refractivity (Wildman–Crippen MR) is 81.3 cm³/mol. The van der Waals surface area contributed by atoms with Gasteiger partial charge < -0.3 is 10.1 Å². The average molecular weight is 421 g/mol. The molecule has 0 fully saturated rings. The zero-order valence-corrected chi connectivity index (χ0v) is 14.6. The maximum atomic E-state index is 12.3. The average Bonchev–Trinajstić information content (AvgIpc) is 2.84. The third-order valence-electron chi connectivity index (χ3n) is 3.01. The van der Waals surface area contributed by atoms with Crippen LogP contribution < -0.4 is 0 Å². The van der Waals surface area contributed by atoms with Crippen molar-refractivity contribution >= 4 is 43.6 Å². The van der Waals surface area contributed by atoms with Gasteiger partial charge in [0, 0.05) is 0 Å². The van der Waals surface area contributed by atoms with Crippen molar-refractivity contribution in [3.63, 3.8) is 0 Å². The van der Waals surface area contributed by atoms with Crippen LogP contribution in [-0.4, -0.2) is 30.4 Å². The molecule has 0 N–H and O–H groups in total. The minimum absolute atomic E-state index is 0.132. The van der Waals surface area contributed by atoms with Crippen LogP contribution in [-0.2, 0) is 6.54 Å². The second-order valence-corrected chi connectivity index (χ2v) is 6.01. The Morgan fingerprint density at radius 1 is 1.19 bits per heavy atom. The number of nitrogens with zero attached hydrogens (tertiary/aromatic N) is 5. The lowest BCUT2D eigenvalue weighted by Crippen LogP contribution is -2.21. The molecule has 0 bridgehead atoms. The van der Waals surface area contributed by atoms with Crippen molar-refractivity contribution in [2.75, 3.05) is 0 Å². The molecular formula is C11H11Br2N5O3. The Balaban J connectivity index is 2.34. The van der Waals surface area contributed by atoms with E-state index in [1.165, 1.54) is 9.36 Å². The lowest BCUT2D eigenvalue weighted by molar-refractivity contribution is -0.390. The normalized spacial score (nSPS) is 10.9. The van der Waals surface area contributed by atoms with Crippen molar-refractivity contribution in [2.45, 2.75) is 27.3 Å². The van der Waals surface area contributed by atoms with Crippen LogP contribution in [0.2, 0.25) is 0 Å². The van der Waals surface area contributed by atoms with Gasteiger partial charge in [0.15, 0.2) is 0 Å². The number of aryl methyl sites for hydroxylation is 1. The fourth-order valence-corrected chi connectivity index (χ4v) is 2.52. The highest BCUT2D eigenvalue weighted by Gasteiger charge is 2.25. The zero-order chi connectivity index (χ0) is 15.9. The Kier molecular flexibility index (Phi) is 4.28. The van der Waals surface area contributed by atoms with E-state index in [1.807, 2.05) is 0 Å². The zero-order valence-electron chi connectivity index (χ0n) is 11.4. The van der Waals surface area contributed by atoms with Crippen molar-refractivity contribution in [1.82, 2.24) is 19.6 Å². The van der Waals surface area contributed by atoms with E-state index in [1.54, 1.807) is 20.8 Å². The van der Waals surface area contributed by atoms with Crippen LogP contribution in [0.5, 0.6) is 0 Å². The van der Waals surface area contributed by atoms with Gasteiger partial charge in [0.05, 0.1) is 26.7 Å². The molecule has 2 heterocycles. The number of hydrogen-bond acceptors (Lipinski definition) is 5. The first kappa shape index (κ1) is 15.8. The van der Waals surface area contributed by atoms with E-state index < -0.39 is 4.92 Å². The molecule has 0 radical (unpaired) electrons. The number of rotatable bonds is 3. The van der Waals surface area contributed by atoms with Crippen LogP contribution in [0.15, 0.2) is 8.95 Å². The first-order valence-electron chi connectivity index (χ1n) is 5.86. The van der Waals surface area contributed by atoms with Crippen LogP contribution in [0.3, 0.4) is 0 Å². The number of carbonyl (C=O) groups is 1. The molecule has 0 atom stereocenters. The second kappa shape index (κ2) is 5.68. The van der Waals surface area contributed by atoms with Gasteiger partial charge in [0.2, 0.25) is 0 Å². The minimum Gasteiger partial charge on any atom is -0.358 e. The summed E-state index contributed by atoms with van der Waals surface area (Å²) in [6.07, 6.45) is 0. The highest BCUT2D eigenvalue weighted by atomic mass is 79.9. The van der Waals surface area contributed by atoms with E-state index in [-0.39, 0.29) is 22.7 Å². The minimum atomic E-state index is -0.599. The van der Waals surface area contributed by atoms with Crippen LogP contribution in [0.1, 0.15) is 21.9 Å². The topological polar surface area (TPSA) is 95.8 Å². The lowest BCUT2D eigenvalue weighted by atomic mass is 10.4.